The number of amides is 1. The Balaban J connectivity index is 1.70. The van der Waals surface area contributed by atoms with Crippen molar-refractivity contribution in [3.05, 3.63) is 74.1 Å². The molecule has 138 valence electrons. The Kier molecular flexibility index (Phi) is 5.46. The van der Waals surface area contributed by atoms with Gasteiger partial charge in [-0.2, -0.15) is 0 Å². The molecule has 0 unspecified atom stereocenters. The first kappa shape index (κ1) is 18.5. The van der Waals surface area contributed by atoms with Crippen LogP contribution >= 0.6 is 11.3 Å². The van der Waals surface area contributed by atoms with E-state index in [2.05, 4.69) is 10.3 Å². The lowest BCUT2D eigenvalue weighted by molar-refractivity contribution is -0.384. The molecule has 0 atom stereocenters. The number of non-ortho nitro benzene ring substituents is 1. The van der Waals surface area contributed by atoms with Crippen LogP contribution in [-0.2, 0) is 6.54 Å². The number of nitrogens with one attached hydrogen (secondary N) is 1. The summed E-state index contributed by atoms with van der Waals surface area (Å²) in [7, 11) is 1.41. The third-order valence-corrected chi connectivity index (χ3v) is 4.73. The zero-order chi connectivity index (χ0) is 19.4. The molecular weight excluding hydrogens is 366 g/mol. The highest BCUT2D eigenvalue weighted by Gasteiger charge is 2.17. The molecule has 0 saturated heterocycles. The Bertz CT molecular complexity index is 983. The molecule has 1 heterocycles. The number of thiazole rings is 1. The van der Waals surface area contributed by atoms with Crippen molar-refractivity contribution in [1.82, 2.24) is 10.3 Å². The normalized spacial score (nSPS) is 10.4. The summed E-state index contributed by atoms with van der Waals surface area (Å²) in [6, 6.07) is 11.6. The molecule has 0 spiro atoms. The maximum Gasteiger partial charge on any atom is 0.270 e. The molecular formula is C19H17N3O4S. The molecule has 7 nitrogen and oxygen atoms in total. The summed E-state index contributed by atoms with van der Waals surface area (Å²) in [4.78, 5) is 27.3. The molecule has 27 heavy (non-hydrogen) atoms. The smallest absolute Gasteiger partial charge is 0.270 e. The number of ether oxygens (including phenoxy) is 1. The van der Waals surface area contributed by atoms with Crippen LogP contribution in [0.5, 0.6) is 5.75 Å². The average molecular weight is 383 g/mol. The number of nitrogens with zero attached hydrogens (tertiary/aromatic N) is 2. The highest BCUT2D eigenvalue weighted by atomic mass is 32.1. The van der Waals surface area contributed by atoms with E-state index in [4.69, 9.17) is 4.74 Å². The molecule has 2 aromatic carbocycles. The number of aromatic nitrogens is 1. The Morgan fingerprint density at radius 2 is 2.00 bits per heavy atom. The summed E-state index contributed by atoms with van der Waals surface area (Å²) < 4.78 is 5.13. The van der Waals surface area contributed by atoms with Crippen molar-refractivity contribution >= 4 is 22.9 Å². The summed E-state index contributed by atoms with van der Waals surface area (Å²) in [5.74, 6) is -0.151. The van der Waals surface area contributed by atoms with Crippen LogP contribution in [-0.4, -0.2) is 22.9 Å². The standard InChI is InChI=1S/C19H17N3O4S/c1-12-21-17(11-27-12)14-5-3-13(4-6-14)10-20-19(23)16-9-15(22(24)25)7-8-18(16)26-2/h3-9,11H,10H2,1-2H3,(H,20,23). The summed E-state index contributed by atoms with van der Waals surface area (Å²) in [5.41, 5.74) is 2.80. The zero-order valence-corrected chi connectivity index (χ0v) is 15.6. The van der Waals surface area contributed by atoms with E-state index in [9.17, 15) is 14.9 Å². The van der Waals surface area contributed by atoms with Crippen molar-refractivity contribution in [1.29, 1.82) is 0 Å². The van der Waals surface area contributed by atoms with E-state index in [1.165, 1.54) is 25.3 Å². The van der Waals surface area contributed by atoms with Gasteiger partial charge in [-0.15, -0.1) is 11.3 Å². The van der Waals surface area contributed by atoms with Crippen molar-refractivity contribution in [2.75, 3.05) is 7.11 Å². The molecule has 0 saturated carbocycles. The molecule has 1 amide bonds. The number of nitro groups is 1. The maximum atomic E-state index is 12.4. The van der Waals surface area contributed by atoms with E-state index >= 15 is 0 Å². The molecule has 3 rings (SSSR count). The lowest BCUT2D eigenvalue weighted by Gasteiger charge is -2.09. The molecule has 1 aromatic heterocycles. The van der Waals surface area contributed by atoms with Crippen molar-refractivity contribution in [3.8, 4) is 17.0 Å². The van der Waals surface area contributed by atoms with Gasteiger partial charge in [-0.1, -0.05) is 24.3 Å². The SMILES string of the molecule is COc1ccc([N+](=O)[O-])cc1C(=O)NCc1ccc(-c2csc(C)n2)cc1. The molecule has 0 bridgehead atoms. The number of benzene rings is 2. The van der Waals surface area contributed by atoms with Gasteiger partial charge in [0.05, 0.1) is 28.3 Å². The minimum atomic E-state index is -0.546. The fourth-order valence-corrected chi connectivity index (χ4v) is 3.18. The topological polar surface area (TPSA) is 94.4 Å². The van der Waals surface area contributed by atoms with E-state index in [1.807, 2.05) is 36.6 Å². The van der Waals surface area contributed by atoms with Crippen LogP contribution in [0.4, 0.5) is 5.69 Å². The average Bonchev–Trinajstić information content (AvgIpc) is 3.12. The molecule has 0 radical (unpaired) electrons. The Labute approximate surface area is 159 Å². The number of nitro benzene ring substituents is 1. The number of rotatable bonds is 6. The van der Waals surface area contributed by atoms with Gasteiger partial charge in [0.1, 0.15) is 5.75 Å². The Morgan fingerprint density at radius 3 is 2.59 bits per heavy atom. The zero-order valence-electron chi connectivity index (χ0n) is 14.8. The van der Waals surface area contributed by atoms with Gasteiger partial charge in [-0.25, -0.2) is 4.98 Å². The maximum absolute atomic E-state index is 12.4. The summed E-state index contributed by atoms with van der Waals surface area (Å²) >= 11 is 1.59. The molecule has 3 aromatic rings. The van der Waals surface area contributed by atoms with E-state index in [0.717, 1.165) is 21.8 Å². The van der Waals surface area contributed by atoms with Crippen LogP contribution in [0.2, 0.25) is 0 Å². The van der Waals surface area contributed by atoms with Crippen LogP contribution in [0.3, 0.4) is 0 Å². The van der Waals surface area contributed by atoms with Crippen LogP contribution in [0.25, 0.3) is 11.3 Å². The quantitative estimate of drug-likeness (QED) is 0.513. The molecule has 0 aliphatic rings. The fourth-order valence-electron chi connectivity index (χ4n) is 2.55. The van der Waals surface area contributed by atoms with Gasteiger partial charge in [0.25, 0.3) is 11.6 Å². The van der Waals surface area contributed by atoms with Gasteiger partial charge in [0.15, 0.2) is 0 Å². The number of hydrogen-bond acceptors (Lipinski definition) is 6. The highest BCUT2D eigenvalue weighted by molar-refractivity contribution is 7.09. The highest BCUT2D eigenvalue weighted by Crippen LogP contribution is 2.24. The van der Waals surface area contributed by atoms with E-state index in [0.29, 0.717) is 6.54 Å². The number of hydrogen-bond donors (Lipinski definition) is 1. The van der Waals surface area contributed by atoms with E-state index < -0.39 is 10.8 Å². The van der Waals surface area contributed by atoms with Crippen LogP contribution in [0, 0.1) is 17.0 Å². The molecule has 0 fully saturated rings. The Hall–Kier alpha value is -3.26. The van der Waals surface area contributed by atoms with Crippen molar-refractivity contribution in [2.45, 2.75) is 13.5 Å². The first-order valence-corrected chi connectivity index (χ1v) is 8.98. The largest absolute Gasteiger partial charge is 0.496 e. The van der Waals surface area contributed by atoms with Gasteiger partial charge in [0, 0.05) is 29.6 Å². The molecule has 1 N–H and O–H groups in total. The Morgan fingerprint density at radius 1 is 1.26 bits per heavy atom. The summed E-state index contributed by atoms with van der Waals surface area (Å²) in [6.07, 6.45) is 0. The van der Waals surface area contributed by atoms with Gasteiger partial charge >= 0.3 is 0 Å². The molecule has 0 aliphatic heterocycles. The number of aryl methyl sites for hydroxylation is 1. The number of methoxy groups -OCH3 is 1. The van der Waals surface area contributed by atoms with Crippen LogP contribution in [0.15, 0.2) is 47.8 Å². The third kappa shape index (κ3) is 4.29. The van der Waals surface area contributed by atoms with Crippen molar-refractivity contribution in [3.63, 3.8) is 0 Å². The van der Waals surface area contributed by atoms with E-state index in [-0.39, 0.29) is 17.0 Å². The predicted molar refractivity (Wildman–Crippen MR) is 103 cm³/mol. The van der Waals surface area contributed by atoms with Gasteiger partial charge < -0.3 is 10.1 Å². The van der Waals surface area contributed by atoms with Gasteiger partial charge in [-0.05, 0) is 18.6 Å². The first-order valence-electron chi connectivity index (χ1n) is 8.10. The summed E-state index contributed by atoms with van der Waals surface area (Å²) in [6.45, 7) is 2.25. The van der Waals surface area contributed by atoms with Crippen LogP contribution < -0.4 is 10.1 Å². The second kappa shape index (κ2) is 7.96. The number of carbonyl (C=O) groups is 1. The second-order valence-corrected chi connectivity index (χ2v) is 6.84. The van der Waals surface area contributed by atoms with Crippen molar-refractivity contribution in [2.24, 2.45) is 0 Å². The lowest BCUT2D eigenvalue weighted by atomic mass is 10.1. The van der Waals surface area contributed by atoms with Crippen LogP contribution in [0.1, 0.15) is 20.9 Å². The molecule has 8 heteroatoms. The monoisotopic (exact) mass is 383 g/mol. The third-order valence-electron chi connectivity index (χ3n) is 3.96. The minimum Gasteiger partial charge on any atom is -0.496 e. The summed E-state index contributed by atoms with van der Waals surface area (Å²) in [5, 5.41) is 16.7. The first-order chi connectivity index (χ1) is 13.0. The predicted octanol–water partition coefficient (Wildman–Crippen LogP) is 3.97. The van der Waals surface area contributed by atoms with Gasteiger partial charge in [-0.3, -0.25) is 14.9 Å². The fraction of sp³-hybridized carbons (Fsp3) is 0.158. The van der Waals surface area contributed by atoms with Gasteiger partial charge in [0.2, 0.25) is 0 Å². The minimum absolute atomic E-state index is 0.126. The second-order valence-electron chi connectivity index (χ2n) is 5.77. The van der Waals surface area contributed by atoms with E-state index in [1.54, 1.807) is 11.3 Å². The number of carbonyl (C=O) groups excluding carboxylic acids is 1. The lowest BCUT2D eigenvalue weighted by Crippen LogP contribution is -2.23. The molecule has 0 aliphatic carbocycles. The van der Waals surface area contributed by atoms with Crippen molar-refractivity contribution < 1.29 is 14.5 Å².